The number of hydrogen-bond donors (Lipinski definition) is 2. The maximum absolute atomic E-state index is 11.1. The number of carbonyl (C=O) groups is 2. The zero-order valence-electron chi connectivity index (χ0n) is 10.1. The number of carboxylic acids is 2. The van der Waals surface area contributed by atoms with Crippen LogP contribution in [0.1, 0.15) is 20.7 Å². The summed E-state index contributed by atoms with van der Waals surface area (Å²) < 4.78 is 0. The van der Waals surface area contributed by atoms with Crippen LogP contribution in [-0.4, -0.2) is 43.1 Å². The lowest BCUT2D eigenvalue weighted by atomic mass is 9.98. The van der Waals surface area contributed by atoms with Gasteiger partial charge in [-0.25, -0.2) is 9.59 Å². The maximum atomic E-state index is 11.1. The highest BCUT2D eigenvalue weighted by Crippen LogP contribution is 2.26. The number of pyridine rings is 2. The molecule has 0 spiro atoms. The van der Waals surface area contributed by atoms with E-state index in [1.807, 2.05) is 0 Å². The molecule has 0 radical (unpaired) electrons. The predicted octanol–water partition coefficient (Wildman–Crippen LogP) is -0.109. The molecule has 2 heterocycles. The molecule has 0 saturated carbocycles. The maximum Gasteiger partial charge on any atom is 0.337 e. The molecular weight excluding hydrogens is 268 g/mol. The molecule has 0 aromatic carbocycles. The smallest absolute Gasteiger partial charge is 0.337 e. The summed E-state index contributed by atoms with van der Waals surface area (Å²) in [5.41, 5.74) is 0.506. The molecule has 8 nitrogen and oxygen atoms in total. The molecule has 0 aliphatic rings. The van der Waals surface area contributed by atoms with Crippen molar-refractivity contribution in [3.63, 3.8) is 0 Å². The van der Waals surface area contributed by atoms with E-state index in [0.29, 0.717) is 11.1 Å². The van der Waals surface area contributed by atoms with Gasteiger partial charge in [-0.2, -0.15) is 0 Å². The van der Waals surface area contributed by atoms with Crippen molar-refractivity contribution < 1.29 is 30.8 Å². The normalized spacial score (nSPS) is 9.00. The van der Waals surface area contributed by atoms with Gasteiger partial charge in [0.25, 0.3) is 0 Å². The highest BCUT2D eigenvalue weighted by atomic mass is 16.4. The van der Waals surface area contributed by atoms with E-state index in [4.69, 9.17) is 10.2 Å². The Labute approximate surface area is 113 Å². The first-order valence-electron chi connectivity index (χ1n) is 4.96. The Kier molecular flexibility index (Phi) is 5.94. The molecule has 0 unspecified atom stereocenters. The van der Waals surface area contributed by atoms with E-state index in [-0.39, 0.29) is 22.1 Å². The molecule has 0 bridgehead atoms. The van der Waals surface area contributed by atoms with Crippen LogP contribution in [0.25, 0.3) is 11.1 Å². The first kappa shape index (κ1) is 17.2. The van der Waals surface area contributed by atoms with Crippen LogP contribution in [0.2, 0.25) is 0 Å². The third kappa shape index (κ3) is 3.13. The molecule has 0 amide bonds. The van der Waals surface area contributed by atoms with Gasteiger partial charge in [0.1, 0.15) is 0 Å². The van der Waals surface area contributed by atoms with Crippen molar-refractivity contribution in [2.75, 3.05) is 0 Å². The van der Waals surface area contributed by atoms with Crippen LogP contribution in [0.3, 0.4) is 0 Å². The van der Waals surface area contributed by atoms with Crippen LogP contribution in [0.4, 0.5) is 0 Å². The average molecular weight is 280 g/mol. The van der Waals surface area contributed by atoms with Gasteiger partial charge in [0.05, 0.1) is 11.1 Å². The van der Waals surface area contributed by atoms with E-state index < -0.39 is 11.9 Å². The highest BCUT2D eigenvalue weighted by Gasteiger charge is 2.17. The first-order valence-corrected chi connectivity index (χ1v) is 4.96. The fourth-order valence-corrected chi connectivity index (χ4v) is 1.60. The first-order chi connectivity index (χ1) is 8.61. The van der Waals surface area contributed by atoms with E-state index in [0.717, 1.165) is 0 Å². The van der Waals surface area contributed by atoms with Crippen LogP contribution in [-0.2, 0) is 0 Å². The summed E-state index contributed by atoms with van der Waals surface area (Å²) in [6.45, 7) is 0. The van der Waals surface area contributed by atoms with Crippen molar-refractivity contribution in [3.8, 4) is 11.1 Å². The molecular formula is C12H12N2O6. The number of rotatable bonds is 3. The van der Waals surface area contributed by atoms with Gasteiger partial charge in [0, 0.05) is 35.9 Å². The minimum absolute atomic E-state index is 0. The van der Waals surface area contributed by atoms with Crippen LogP contribution >= 0.6 is 0 Å². The monoisotopic (exact) mass is 280 g/mol. The number of aromatic nitrogens is 2. The van der Waals surface area contributed by atoms with Crippen LogP contribution in [0, 0.1) is 0 Å². The van der Waals surface area contributed by atoms with E-state index >= 15 is 0 Å². The molecule has 8 heteroatoms. The number of aromatic carboxylic acids is 2. The van der Waals surface area contributed by atoms with Gasteiger partial charge in [-0.15, -0.1) is 0 Å². The summed E-state index contributed by atoms with van der Waals surface area (Å²) >= 11 is 0. The lowest BCUT2D eigenvalue weighted by Gasteiger charge is -2.08. The number of nitrogens with zero attached hydrogens (tertiary/aromatic N) is 2. The lowest BCUT2D eigenvalue weighted by molar-refractivity contribution is 0.0684. The number of hydrogen-bond acceptors (Lipinski definition) is 4. The van der Waals surface area contributed by atoms with Crippen molar-refractivity contribution in [2.45, 2.75) is 0 Å². The minimum Gasteiger partial charge on any atom is -0.478 e. The van der Waals surface area contributed by atoms with Gasteiger partial charge in [0.2, 0.25) is 0 Å². The second kappa shape index (κ2) is 6.92. The van der Waals surface area contributed by atoms with Gasteiger partial charge in [-0.05, 0) is 12.1 Å². The second-order valence-electron chi connectivity index (χ2n) is 3.45. The Morgan fingerprint density at radius 2 is 1.15 bits per heavy atom. The Hall–Kier alpha value is -2.84. The van der Waals surface area contributed by atoms with Crippen LogP contribution in [0.5, 0.6) is 0 Å². The van der Waals surface area contributed by atoms with Gasteiger partial charge in [0.15, 0.2) is 0 Å². The van der Waals surface area contributed by atoms with E-state index in [1.165, 1.54) is 36.9 Å². The van der Waals surface area contributed by atoms with E-state index in [1.54, 1.807) is 0 Å². The Balaban J connectivity index is 0.00000180. The molecule has 2 rings (SSSR count). The van der Waals surface area contributed by atoms with Gasteiger partial charge < -0.3 is 21.2 Å². The summed E-state index contributed by atoms with van der Waals surface area (Å²) in [6, 6.07) is 2.93. The Morgan fingerprint density at radius 1 is 0.800 bits per heavy atom. The fourth-order valence-electron chi connectivity index (χ4n) is 1.60. The zero-order chi connectivity index (χ0) is 13.1. The quantitative estimate of drug-likeness (QED) is 0.796. The molecule has 0 aliphatic heterocycles. The summed E-state index contributed by atoms with van der Waals surface area (Å²) in [5, 5.41) is 18.1. The van der Waals surface area contributed by atoms with Gasteiger partial charge >= 0.3 is 11.9 Å². The van der Waals surface area contributed by atoms with Gasteiger partial charge in [-0.3, -0.25) is 9.97 Å². The molecule has 20 heavy (non-hydrogen) atoms. The Morgan fingerprint density at radius 3 is 1.45 bits per heavy atom. The number of carboxylic acid groups (broad SMARTS) is 2. The molecule has 6 N–H and O–H groups in total. The Bertz CT molecular complexity index is 573. The third-order valence-corrected chi connectivity index (χ3v) is 2.39. The standard InChI is InChI=1S/C12H8N2O4.2H2O/c15-11(16)9-5-13-3-1-7(9)8-2-4-14-6-10(8)12(17)18;;/h1-6H,(H,15,16)(H,17,18);2*1H2. The molecule has 2 aromatic rings. The molecule has 2 aromatic heterocycles. The summed E-state index contributed by atoms with van der Waals surface area (Å²) in [5.74, 6) is -2.32. The van der Waals surface area contributed by atoms with Crippen molar-refractivity contribution >= 4 is 11.9 Å². The summed E-state index contributed by atoms with van der Waals surface area (Å²) in [4.78, 5) is 29.6. The topological polar surface area (TPSA) is 163 Å². The molecule has 0 saturated heterocycles. The van der Waals surface area contributed by atoms with Crippen LogP contribution in [0.15, 0.2) is 36.9 Å². The third-order valence-electron chi connectivity index (χ3n) is 2.39. The largest absolute Gasteiger partial charge is 0.478 e. The van der Waals surface area contributed by atoms with Crippen molar-refractivity contribution in [1.82, 2.24) is 9.97 Å². The fraction of sp³-hybridized carbons (Fsp3) is 0. The highest BCUT2D eigenvalue weighted by molar-refractivity contribution is 6.01. The SMILES string of the molecule is O.O.O=C(O)c1cnccc1-c1ccncc1C(=O)O. The molecule has 0 atom stereocenters. The van der Waals surface area contributed by atoms with Crippen LogP contribution < -0.4 is 0 Å². The van der Waals surface area contributed by atoms with Gasteiger partial charge in [-0.1, -0.05) is 0 Å². The molecule has 106 valence electrons. The summed E-state index contributed by atoms with van der Waals surface area (Å²) in [7, 11) is 0. The zero-order valence-corrected chi connectivity index (χ0v) is 10.1. The van der Waals surface area contributed by atoms with E-state index in [2.05, 4.69) is 9.97 Å². The van der Waals surface area contributed by atoms with Crippen molar-refractivity contribution in [2.24, 2.45) is 0 Å². The van der Waals surface area contributed by atoms with Crippen molar-refractivity contribution in [3.05, 3.63) is 48.0 Å². The average Bonchev–Trinajstić information content (AvgIpc) is 2.38. The summed E-state index contributed by atoms with van der Waals surface area (Å²) in [6.07, 6.45) is 5.19. The molecule has 0 aliphatic carbocycles. The van der Waals surface area contributed by atoms with Crippen molar-refractivity contribution in [1.29, 1.82) is 0 Å². The predicted molar refractivity (Wildman–Crippen MR) is 68.6 cm³/mol. The second-order valence-corrected chi connectivity index (χ2v) is 3.45. The molecule has 0 fully saturated rings. The van der Waals surface area contributed by atoms with E-state index in [9.17, 15) is 9.59 Å². The lowest BCUT2D eigenvalue weighted by Crippen LogP contribution is -2.05. The minimum atomic E-state index is -1.16.